The van der Waals surface area contributed by atoms with E-state index >= 15 is 0 Å². The molecule has 2 rings (SSSR count). The third-order valence-electron chi connectivity index (χ3n) is 3.47. The molecule has 1 saturated heterocycles. The quantitative estimate of drug-likeness (QED) is 0.656. The second kappa shape index (κ2) is 5.71. The topological polar surface area (TPSA) is 69.0 Å². The zero-order chi connectivity index (χ0) is 14.8. The van der Waals surface area contributed by atoms with Crippen LogP contribution in [0.15, 0.2) is 18.3 Å². The lowest BCUT2D eigenvalue weighted by molar-refractivity contribution is -0.122. The number of carbonyl (C=O) groups excluding carboxylic acids is 1. The summed E-state index contributed by atoms with van der Waals surface area (Å²) in [5.41, 5.74) is 0.827. The van der Waals surface area contributed by atoms with Crippen molar-refractivity contribution in [3.05, 3.63) is 24.0 Å². The van der Waals surface area contributed by atoms with Crippen molar-refractivity contribution in [2.45, 2.75) is 44.1 Å². The summed E-state index contributed by atoms with van der Waals surface area (Å²) in [5, 5.41) is 11.3. The summed E-state index contributed by atoms with van der Waals surface area (Å²) in [5.74, 6) is -0.0457. The predicted molar refractivity (Wildman–Crippen MR) is 80.3 cm³/mol. The smallest absolute Gasteiger partial charge is 0.247 e. The standard InChI is InChI=1S/C14H18N4OS/c1-14(2)12(19)17-13(20)18(14)11-7-6-10(16-9-11)5-3-4-8-15/h6-7,9,13,20H,3-5H2,1-2H3,(H,17,19). The largest absolute Gasteiger partial charge is 0.327 e. The van der Waals surface area contributed by atoms with Crippen LogP contribution in [0.2, 0.25) is 0 Å². The number of hydrogen-bond acceptors (Lipinski definition) is 5. The van der Waals surface area contributed by atoms with Gasteiger partial charge in [-0.15, -0.1) is 12.6 Å². The first-order valence-electron chi connectivity index (χ1n) is 6.57. The lowest BCUT2D eigenvalue weighted by Gasteiger charge is -2.32. The minimum absolute atomic E-state index is 0.0457. The zero-order valence-corrected chi connectivity index (χ0v) is 12.5. The average molecular weight is 290 g/mol. The summed E-state index contributed by atoms with van der Waals surface area (Å²) in [6.45, 7) is 3.72. The summed E-state index contributed by atoms with van der Waals surface area (Å²) in [6, 6.07) is 6.00. The van der Waals surface area contributed by atoms with E-state index in [1.54, 1.807) is 6.20 Å². The van der Waals surface area contributed by atoms with Crippen LogP contribution in [0.25, 0.3) is 0 Å². The van der Waals surface area contributed by atoms with E-state index in [-0.39, 0.29) is 11.4 Å². The third kappa shape index (κ3) is 2.73. The van der Waals surface area contributed by atoms with Gasteiger partial charge in [-0.2, -0.15) is 5.26 Å². The molecular formula is C14H18N4OS. The maximum Gasteiger partial charge on any atom is 0.247 e. The third-order valence-corrected chi connectivity index (χ3v) is 3.83. The Morgan fingerprint density at radius 3 is 2.80 bits per heavy atom. The first kappa shape index (κ1) is 14.7. The molecule has 1 fully saturated rings. The number of amides is 1. The van der Waals surface area contributed by atoms with E-state index < -0.39 is 5.54 Å². The highest BCUT2D eigenvalue weighted by Crippen LogP contribution is 2.31. The molecule has 0 radical (unpaired) electrons. The van der Waals surface area contributed by atoms with E-state index in [0.29, 0.717) is 6.42 Å². The monoisotopic (exact) mass is 290 g/mol. The van der Waals surface area contributed by atoms with Crippen molar-refractivity contribution in [2.75, 3.05) is 4.90 Å². The zero-order valence-electron chi connectivity index (χ0n) is 11.6. The van der Waals surface area contributed by atoms with Gasteiger partial charge in [0.2, 0.25) is 5.91 Å². The number of aryl methyl sites for hydroxylation is 1. The molecule has 1 aromatic heterocycles. The van der Waals surface area contributed by atoms with Crippen molar-refractivity contribution in [3.63, 3.8) is 0 Å². The van der Waals surface area contributed by atoms with Crippen molar-refractivity contribution >= 4 is 24.2 Å². The molecule has 1 aliphatic heterocycles. The average Bonchev–Trinajstić information content (AvgIpc) is 2.60. The van der Waals surface area contributed by atoms with Gasteiger partial charge in [-0.05, 0) is 38.8 Å². The van der Waals surface area contributed by atoms with Gasteiger partial charge in [0.05, 0.1) is 18.0 Å². The highest BCUT2D eigenvalue weighted by molar-refractivity contribution is 7.81. The second-order valence-corrected chi connectivity index (χ2v) is 5.78. The first-order chi connectivity index (χ1) is 9.46. The number of anilines is 1. The van der Waals surface area contributed by atoms with Crippen molar-refractivity contribution in [3.8, 4) is 6.07 Å². The number of aromatic nitrogens is 1. The van der Waals surface area contributed by atoms with Crippen LogP contribution in [0.5, 0.6) is 0 Å². The minimum atomic E-state index is -0.642. The van der Waals surface area contributed by atoms with Gasteiger partial charge >= 0.3 is 0 Å². The number of nitriles is 1. The van der Waals surface area contributed by atoms with Crippen LogP contribution in [0, 0.1) is 11.3 Å². The molecule has 20 heavy (non-hydrogen) atoms. The molecule has 6 heteroatoms. The normalized spacial score (nSPS) is 20.6. The molecule has 0 aromatic carbocycles. The number of nitrogens with zero attached hydrogens (tertiary/aromatic N) is 3. The minimum Gasteiger partial charge on any atom is -0.327 e. The lowest BCUT2D eigenvalue weighted by atomic mass is 10.0. The van der Waals surface area contributed by atoms with Crippen molar-refractivity contribution in [1.29, 1.82) is 5.26 Å². The lowest BCUT2D eigenvalue weighted by Crippen LogP contribution is -2.45. The molecular weight excluding hydrogens is 272 g/mol. The van der Waals surface area contributed by atoms with Gasteiger partial charge in [0, 0.05) is 12.1 Å². The number of carbonyl (C=O) groups is 1. The van der Waals surface area contributed by atoms with Crippen LogP contribution < -0.4 is 10.2 Å². The van der Waals surface area contributed by atoms with Crippen LogP contribution in [0.3, 0.4) is 0 Å². The van der Waals surface area contributed by atoms with Gasteiger partial charge in [-0.25, -0.2) is 0 Å². The fourth-order valence-electron chi connectivity index (χ4n) is 2.29. The van der Waals surface area contributed by atoms with Crippen LogP contribution in [0.1, 0.15) is 32.4 Å². The molecule has 5 nitrogen and oxygen atoms in total. The van der Waals surface area contributed by atoms with Gasteiger partial charge in [-0.3, -0.25) is 9.78 Å². The Kier molecular flexibility index (Phi) is 4.19. The van der Waals surface area contributed by atoms with E-state index in [1.807, 2.05) is 30.9 Å². The Balaban J connectivity index is 2.14. The van der Waals surface area contributed by atoms with Crippen molar-refractivity contribution < 1.29 is 4.79 Å². The molecule has 106 valence electrons. The van der Waals surface area contributed by atoms with Crippen LogP contribution in [-0.2, 0) is 11.2 Å². The highest BCUT2D eigenvalue weighted by atomic mass is 32.1. The number of rotatable bonds is 4. The van der Waals surface area contributed by atoms with E-state index in [4.69, 9.17) is 5.26 Å². The number of thiol groups is 1. The Bertz CT molecular complexity index is 535. The van der Waals surface area contributed by atoms with E-state index in [0.717, 1.165) is 24.2 Å². The molecule has 2 heterocycles. The second-order valence-electron chi connectivity index (χ2n) is 5.30. The number of pyridine rings is 1. The van der Waals surface area contributed by atoms with Gasteiger partial charge in [0.25, 0.3) is 0 Å². The fraction of sp³-hybridized carbons (Fsp3) is 0.500. The van der Waals surface area contributed by atoms with Crippen LogP contribution in [-0.4, -0.2) is 21.9 Å². The summed E-state index contributed by atoms with van der Waals surface area (Å²) in [7, 11) is 0. The van der Waals surface area contributed by atoms with Crippen molar-refractivity contribution in [1.82, 2.24) is 10.3 Å². The van der Waals surface area contributed by atoms with E-state index in [2.05, 4.69) is 29.0 Å². The summed E-state index contributed by atoms with van der Waals surface area (Å²) < 4.78 is 0. The molecule has 1 amide bonds. The Morgan fingerprint density at radius 2 is 2.30 bits per heavy atom. The number of unbranched alkanes of at least 4 members (excludes halogenated alkanes) is 1. The first-order valence-corrected chi connectivity index (χ1v) is 7.08. The Hall–Kier alpha value is -1.74. The molecule has 0 spiro atoms. The summed E-state index contributed by atoms with van der Waals surface area (Å²) >= 11 is 4.40. The van der Waals surface area contributed by atoms with Gasteiger partial charge in [0.1, 0.15) is 11.0 Å². The maximum atomic E-state index is 11.9. The fourth-order valence-corrected chi connectivity index (χ4v) is 2.83. The Labute approximate surface area is 124 Å². The maximum absolute atomic E-state index is 11.9. The molecule has 0 bridgehead atoms. The number of nitrogens with one attached hydrogen (secondary N) is 1. The molecule has 1 aromatic rings. The number of hydrogen-bond donors (Lipinski definition) is 2. The molecule has 1 unspecified atom stereocenters. The molecule has 0 saturated carbocycles. The van der Waals surface area contributed by atoms with Gasteiger partial charge < -0.3 is 10.2 Å². The van der Waals surface area contributed by atoms with Gasteiger partial charge in [-0.1, -0.05) is 0 Å². The molecule has 0 aliphatic carbocycles. The van der Waals surface area contributed by atoms with Crippen molar-refractivity contribution in [2.24, 2.45) is 0 Å². The van der Waals surface area contributed by atoms with Gasteiger partial charge in [0.15, 0.2) is 0 Å². The predicted octanol–water partition coefficient (Wildman–Crippen LogP) is 1.86. The van der Waals surface area contributed by atoms with E-state index in [9.17, 15) is 4.79 Å². The molecule has 1 N–H and O–H groups in total. The van der Waals surface area contributed by atoms with Crippen LogP contribution in [0.4, 0.5) is 5.69 Å². The molecule has 1 aliphatic rings. The summed E-state index contributed by atoms with van der Waals surface area (Å²) in [6.07, 6.45) is 3.90. The SMILES string of the molecule is CC1(C)C(=O)NC(S)N1c1ccc(CCCC#N)nc1. The molecule has 1 atom stereocenters. The van der Waals surface area contributed by atoms with E-state index in [1.165, 1.54) is 0 Å². The Morgan fingerprint density at radius 1 is 1.55 bits per heavy atom. The summed E-state index contributed by atoms with van der Waals surface area (Å²) in [4.78, 5) is 18.2. The highest BCUT2D eigenvalue weighted by Gasteiger charge is 2.45. The van der Waals surface area contributed by atoms with Crippen LogP contribution >= 0.6 is 12.6 Å².